The van der Waals surface area contributed by atoms with E-state index in [4.69, 9.17) is 0 Å². The topological polar surface area (TPSA) is 3.24 Å². The largest absolute Gasteiger partial charge is 0.310 e. The first-order valence-electron chi connectivity index (χ1n) is 19.6. The quantitative estimate of drug-likeness (QED) is 0.141. The molecule has 0 saturated heterocycles. The molecule has 1 heteroatoms. The molecular formula is C56H39N. The van der Waals surface area contributed by atoms with Crippen molar-refractivity contribution in [3.8, 4) is 55.6 Å². The summed E-state index contributed by atoms with van der Waals surface area (Å²) in [6.07, 6.45) is 0. The predicted octanol–water partition coefficient (Wildman–Crippen LogP) is 15.8. The van der Waals surface area contributed by atoms with Crippen LogP contribution in [0.15, 0.2) is 237 Å². The highest BCUT2D eigenvalue weighted by Gasteiger charge is 2.22. The SMILES string of the molecule is c1ccc(-c2ccc(N(c3ccc4c(-c5ccccc5)c(-c5ccccc5)c5ccccc5c4c3)c3ccc(-c4ccccc4)cc3-c3ccccc3)cc2)cc1. The molecule has 0 aliphatic heterocycles. The Morgan fingerprint density at radius 3 is 1.19 bits per heavy atom. The van der Waals surface area contributed by atoms with Crippen LogP contribution in [0.1, 0.15) is 0 Å². The second-order valence-corrected chi connectivity index (χ2v) is 14.5. The molecule has 0 atom stereocenters. The third kappa shape index (κ3) is 6.46. The van der Waals surface area contributed by atoms with Crippen molar-refractivity contribution in [1.82, 2.24) is 0 Å². The molecule has 0 unspecified atom stereocenters. The molecule has 0 aromatic heterocycles. The van der Waals surface area contributed by atoms with Gasteiger partial charge in [-0.3, -0.25) is 0 Å². The lowest BCUT2D eigenvalue weighted by molar-refractivity contribution is 1.29. The van der Waals surface area contributed by atoms with Gasteiger partial charge in [-0.15, -0.1) is 0 Å². The predicted molar refractivity (Wildman–Crippen MR) is 243 cm³/mol. The number of nitrogens with zero attached hydrogens (tertiary/aromatic N) is 1. The Labute approximate surface area is 334 Å². The number of hydrogen-bond acceptors (Lipinski definition) is 1. The van der Waals surface area contributed by atoms with E-state index in [1.54, 1.807) is 0 Å². The van der Waals surface area contributed by atoms with Crippen LogP contribution in [0.5, 0.6) is 0 Å². The van der Waals surface area contributed by atoms with Crippen molar-refractivity contribution in [2.24, 2.45) is 0 Å². The molecule has 10 rings (SSSR count). The van der Waals surface area contributed by atoms with Crippen molar-refractivity contribution < 1.29 is 0 Å². The first-order chi connectivity index (χ1) is 28.3. The Morgan fingerprint density at radius 2 is 0.632 bits per heavy atom. The van der Waals surface area contributed by atoms with Crippen LogP contribution in [0.2, 0.25) is 0 Å². The van der Waals surface area contributed by atoms with E-state index in [0.29, 0.717) is 0 Å². The van der Waals surface area contributed by atoms with Crippen molar-refractivity contribution in [2.75, 3.05) is 4.90 Å². The average molecular weight is 726 g/mol. The monoisotopic (exact) mass is 725 g/mol. The van der Waals surface area contributed by atoms with Crippen LogP contribution >= 0.6 is 0 Å². The molecule has 10 aromatic rings. The minimum atomic E-state index is 1.09. The zero-order chi connectivity index (χ0) is 38.0. The maximum atomic E-state index is 2.44. The maximum Gasteiger partial charge on any atom is 0.0540 e. The van der Waals surface area contributed by atoms with Crippen molar-refractivity contribution >= 4 is 38.6 Å². The van der Waals surface area contributed by atoms with Gasteiger partial charge < -0.3 is 4.90 Å². The minimum absolute atomic E-state index is 1.09. The summed E-state index contributed by atoms with van der Waals surface area (Å²) >= 11 is 0. The number of rotatable bonds is 8. The summed E-state index contributed by atoms with van der Waals surface area (Å²) < 4.78 is 0. The molecular weight excluding hydrogens is 687 g/mol. The van der Waals surface area contributed by atoms with Gasteiger partial charge in [0.2, 0.25) is 0 Å². The smallest absolute Gasteiger partial charge is 0.0540 e. The third-order valence-corrected chi connectivity index (χ3v) is 11.1. The molecule has 0 bridgehead atoms. The number of benzene rings is 10. The highest BCUT2D eigenvalue weighted by Crippen LogP contribution is 2.48. The van der Waals surface area contributed by atoms with Gasteiger partial charge in [-0.2, -0.15) is 0 Å². The fraction of sp³-hybridized carbons (Fsp3) is 0. The van der Waals surface area contributed by atoms with Crippen LogP contribution in [0.25, 0.3) is 77.2 Å². The van der Waals surface area contributed by atoms with Crippen LogP contribution in [-0.2, 0) is 0 Å². The van der Waals surface area contributed by atoms with E-state index in [9.17, 15) is 0 Å². The second-order valence-electron chi connectivity index (χ2n) is 14.5. The maximum absolute atomic E-state index is 2.44. The van der Waals surface area contributed by atoms with Crippen molar-refractivity contribution in [3.63, 3.8) is 0 Å². The summed E-state index contributed by atoms with van der Waals surface area (Å²) in [7, 11) is 0. The normalized spacial score (nSPS) is 11.2. The van der Waals surface area contributed by atoms with E-state index >= 15 is 0 Å². The van der Waals surface area contributed by atoms with Gasteiger partial charge in [0.15, 0.2) is 0 Å². The van der Waals surface area contributed by atoms with Gasteiger partial charge in [-0.05, 0) is 108 Å². The molecule has 0 amide bonds. The van der Waals surface area contributed by atoms with Crippen molar-refractivity contribution in [2.45, 2.75) is 0 Å². The molecule has 10 aromatic carbocycles. The first-order valence-corrected chi connectivity index (χ1v) is 19.6. The van der Waals surface area contributed by atoms with Gasteiger partial charge in [0.25, 0.3) is 0 Å². The Kier molecular flexibility index (Phi) is 8.95. The van der Waals surface area contributed by atoms with E-state index in [2.05, 4.69) is 241 Å². The van der Waals surface area contributed by atoms with E-state index < -0.39 is 0 Å². The highest BCUT2D eigenvalue weighted by molar-refractivity contribution is 6.22. The first kappa shape index (κ1) is 34.0. The third-order valence-electron chi connectivity index (χ3n) is 11.1. The molecule has 0 spiro atoms. The molecule has 1 nitrogen and oxygen atoms in total. The summed E-state index contributed by atoms with van der Waals surface area (Å²) in [5.41, 5.74) is 15.3. The molecule has 0 radical (unpaired) electrons. The molecule has 0 heterocycles. The summed E-state index contributed by atoms with van der Waals surface area (Å²) in [5.74, 6) is 0. The lowest BCUT2D eigenvalue weighted by Crippen LogP contribution is -2.11. The molecule has 0 aliphatic rings. The number of fused-ring (bicyclic) bond motifs is 3. The van der Waals surface area contributed by atoms with E-state index in [-0.39, 0.29) is 0 Å². The Bertz CT molecular complexity index is 2960. The lowest BCUT2D eigenvalue weighted by atomic mass is 9.85. The second kappa shape index (κ2) is 15.0. The van der Waals surface area contributed by atoms with E-state index in [0.717, 1.165) is 17.1 Å². The average Bonchev–Trinajstić information content (AvgIpc) is 3.30. The van der Waals surface area contributed by atoms with Crippen LogP contribution in [0, 0.1) is 0 Å². The molecule has 57 heavy (non-hydrogen) atoms. The summed E-state index contributed by atoms with van der Waals surface area (Å²) in [6.45, 7) is 0. The Morgan fingerprint density at radius 1 is 0.228 bits per heavy atom. The van der Waals surface area contributed by atoms with E-state index in [1.807, 2.05) is 0 Å². The Hall–Kier alpha value is -7.48. The zero-order valence-corrected chi connectivity index (χ0v) is 31.5. The number of hydrogen-bond donors (Lipinski definition) is 0. The summed E-state index contributed by atoms with van der Waals surface area (Å²) in [6, 6.07) is 85.7. The minimum Gasteiger partial charge on any atom is -0.310 e. The lowest BCUT2D eigenvalue weighted by Gasteiger charge is -2.29. The Balaban J connectivity index is 1.25. The van der Waals surface area contributed by atoms with E-state index in [1.165, 1.54) is 77.2 Å². The standard InChI is InChI=1S/C56H39N/c1-6-18-40(19-7-1)42-30-33-47(34-31-42)57(54-37-32-46(41-20-8-2-9-21-41)38-52(54)43-22-10-3-11-23-43)48-35-36-51-53(39-48)49-28-16-17-29-50(49)55(44-24-12-4-13-25-44)56(51)45-26-14-5-15-27-45/h1-39H. The summed E-state index contributed by atoms with van der Waals surface area (Å²) in [4.78, 5) is 2.44. The van der Waals surface area contributed by atoms with Gasteiger partial charge in [-0.1, -0.05) is 200 Å². The van der Waals surface area contributed by atoms with Gasteiger partial charge in [0.1, 0.15) is 0 Å². The fourth-order valence-electron chi connectivity index (χ4n) is 8.38. The van der Waals surface area contributed by atoms with Crippen molar-refractivity contribution in [3.05, 3.63) is 237 Å². The highest BCUT2D eigenvalue weighted by atomic mass is 15.1. The van der Waals surface area contributed by atoms with Crippen LogP contribution in [0.4, 0.5) is 17.1 Å². The fourth-order valence-corrected chi connectivity index (χ4v) is 8.38. The molecule has 0 saturated carbocycles. The van der Waals surface area contributed by atoms with Crippen LogP contribution < -0.4 is 4.90 Å². The zero-order valence-electron chi connectivity index (χ0n) is 31.5. The van der Waals surface area contributed by atoms with Gasteiger partial charge >= 0.3 is 0 Å². The molecule has 0 fully saturated rings. The molecule has 268 valence electrons. The van der Waals surface area contributed by atoms with Gasteiger partial charge in [0.05, 0.1) is 5.69 Å². The van der Waals surface area contributed by atoms with Gasteiger partial charge in [0, 0.05) is 16.9 Å². The molecule has 0 aliphatic carbocycles. The number of anilines is 3. The molecule has 0 N–H and O–H groups in total. The van der Waals surface area contributed by atoms with Crippen LogP contribution in [-0.4, -0.2) is 0 Å². The van der Waals surface area contributed by atoms with Gasteiger partial charge in [-0.25, -0.2) is 0 Å². The van der Waals surface area contributed by atoms with Crippen molar-refractivity contribution in [1.29, 1.82) is 0 Å². The summed E-state index contributed by atoms with van der Waals surface area (Å²) in [5, 5.41) is 4.91. The van der Waals surface area contributed by atoms with Crippen LogP contribution in [0.3, 0.4) is 0 Å².